The lowest BCUT2D eigenvalue weighted by Gasteiger charge is -2.04. The summed E-state index contributed by atoms with van der Waals surface area (Å²) in [6, 6.07) is 14.9. The quantitative estimate of drug-likeness (QED) is 0.516. The number of amides is 1. The molecule has 0 aliphatic rings. The summed E-state index contributed by atoms with van der Waals surface area (Å²) in [4.78, 5) is 12.1. The number of rotatable bonds is 4. The molecule has 0 bridgehead atoms. The second-order valence-corrected chi connectivity index (χ2v) is 4.44. The van der Waals surface area contributed by atoms with Crippen LogP contribution in [0.15, 0.2) is 54.1 Å². The van der Waals surface area contributed by atoms with Gasteiger partial charge in [-0.1, -0.05) is 12.1 Å². The molecule has 0 spiro atoms. The van der Waals surface area contributed by atoms with Crippen LogP contribution in [0.2, 0.25) is 0 Å². The highest BCUT2D eigenvalue weighted by molar-refractivity contribution is 6.09. The number of methoxy groups -OCH3 is 1. The molecular formula is C17H14N2O3. The standard InChI is InChI=1S/C17H14N2O3/c1-22-16-8-2-12(3-9-16)10-13(11-18)17(21)19-14-4-6-15(20)7-5-14/h2-10,20H,1H3,(H,19,21). The number of benzene rings is 2. The Labute approximate surface area is 128 Å². The molecule has 0 saturated carbocycles. The first-order valence-corrected chi connectivity index (χ1v) is 6.48. The first-order valence-electron chi connectivity index (χ1n) is 6.48. The van der Waals surface area contributed by atoms with Crippen LogP contribution in [0.25, 0.3) is 6.08 Å². The normalized spacial score (nSPS) is 10.6. The molecule has 2 N–H and O–H groups in total. The van der Waals surface area contributed by atoms with Gasteiger partial charge in [-0.25, -0.2) is 0 Å². The summed E-state index contributed by atoms with van der Waals surface area (Å²) in [5.74, 6) is 0.292. The van der Waals surface area contributed by atoms with Gasteiger partial charge in [0.05, 0.1) is 7.11 Å². The van der Waals surface area contributed by atoms with Gasteiger partial charge in [-0.2, -0.15) is 5.26 Å². The number of anilines is 1. The third-order valence-electron chi connectivity index (χ3n) is 2.92. The zero-order valence-corrected chi connectivity index (χ0v) is 11.9. The van der Waals surface area contributed by atoms with Crippen LogP contribution in [-0.4, -0.2) is 18.1 Å². The molecule has 2 aromatic carbocycles. The van der Waals surface area contributed by atoms with Crippen molar-refractivity contribution in [1.29, 1.82) is 5.26 Å². The summed E-state index contributed by atoms with van der Waals surface area (Å²) in [5, 5.41) is 20.9. The van der Waals surface area contributed by atoms with E-state index in [2.05, 4.69) is 5.32 Å². The van der Waals surface area contributed by atoms with Gasteiger partial charge in [-0.15, -0.1) is 0 Å². The third-order valence-corrected chi connectivity index (χ3v) is 2.92. The van der Waals surface area contributed by atoms with Crippen molar-refractivity contribution in [3.8, 4) is 17.6 Å². The number of hydrogen-bond donors (Lipinski definition) is 2. The lowest BCUT2D eigenvalue weighted by atomic mass is 10.1. The fourth-order valence-electron chi connectivity index (χ4n) is 1.76. The molecule has 0 aromatic heterocycles. The van der Waals surface area contributed by atoms with Crippen molar-refractivity contribution >= 4 is 17.7 Å². The molecule has 1 amide bonds. The van der Waals surface area contributed by atoms with Crippen LogP contribution in [0, 0.1) is 11.3 Å². The second-order valence-electron chi connectivity index (χ2n) is 4.44. The fourth-order valence-corrected chi connectivity index (χ4v) is 1.76. The number of carbonyl (C=O) groups is 1. The zero-order valence-electron chi connectivity index (χ0n) is 11.9. The van der Waals surface area contributed by atoms with E-state index in [4.69, 9.17) is 10.00 Å². The van der Waals surface area contributed by atoms with Crippen LogP contribution in [-0.2, 0) is 4.79 Å². The van der Waals surface area contributed by atoms with E-state index >= 15 is 0 Å². The van der Waals surface area contributed by atoms with E-state index in [1.807, 2.05) is 6.07 Å². The maximum Gasteiger partial charge on any atom is 0.266 e. The molecule has 0 unspecified atom stereocenters. The van der Waals surface area contributed by atoms with E-state index in [0.29, 0.717) is 11.4 Å². The Kier molecular flexibility index (Phi) is 4.78. The zero-order chi connectivity index (χ0) is 15.9. The van der Waals surface area contributed by atoms with Crippen LogP contribution < -0.4 is 10.1 Å². The number of nitrogens with zero attached hydrogens (tertiary/aromatic N) is 1. The van der Waals surface area contributed by atoms with Crippen LogP contribution in [0.5, 0.6) is 11.5 Å². The summed E-state index contributed by atoms with van der Waals surface area (Å²) in [6.45, 7) is 0. The van der Waals surface area contributed by atoms with E-state index in [1.165, 1.54) is 18.2 Å². The molecule has 110 valence electrons. The number of phenols is 1. The first-order chi connectivity index (χ1) is 10.6. The number of nitrogens with one attached hydrogen (secondary N) is 1. The second kappa shape index (κ2) is 6.95. The Morgan fingerprint density at radius 2 is 1.82 bits per heavy atom. The van der Waals surface area contributed by atoms with Gasteiger partial charge in [-0.05, 0) is 48.0 Å². The lowest BCUT2D eigenvalue weighted by Crippen LogP contribution is -2.13. The molecule has 0 fully saturated rings. The first kappa shape index (κ1) is 15.1. The Balaban J connectivity index is 2.15. The summed E-state index contributed by atoms with van der Waals surface area (Å²) in [6.07, 6.45) is 1.50. The maximum atomic E-state index is 12.1. The van der Waals surface area contributed by atoms with Crippen LogP contribution in [0.4, 0.5) is 5.69 Å². The number of phenolic OH excluding ortho intramolecular Hbond substituents is 1. The molecular weight excluding hydrogens is 280 g/mol. The minimum Gasteiger partial charge on any atom is -0.508 e. The van der Waals surface area contributed by atoms with Crippen molar-refractivity contribution in [2.45, 2.75) is 0 Å². The molecule has 0 saturated heterocycles. The van der Waals surface area contributed by atoms with Crippen LogP contribution >= 0.6 is 0 Å². The molecule has 0 aliphatic carbocycles. The van der Waals surface area contributed by atoms with Crippen molar-refractivity contribution in [3.05, 3.63) is 59.7 Å². The van der Waals surface area contributed by atoms with Gasteiger partial charge >= 0.3 is 0 Å². The predicted molar refractivity (Wildman–Crippen MR) is 83.3 cm³/mol. The van der Waals surface area contributed by atoms with E-state index in [0.717, 1.165) is 5.56 Å². The number of ether oxygens (including phenoxy) is 1. The lowest BCUT2D eigenvalue weighted by molar-refractivity contribution is -0.112. The largest absolute Gasteiger partial charge is 0.508 e. The van der Waals surface area contributed by atoms with Crippen molar-refractivity contribution in [2.75, 3.05) is 12.4 Å². The molecule has 0 heterocycles. The van der Waals surface area contributed by atoms with E-state index < -0.39 is 5.91 Å². The van der Waals surface area contributed by atoms with Gasteiger partial charge in [0.15, 0.2) is 0 Å². The van der Waals surface area contributed by atoms with Crippen molar-refractivity contribution in [2.24, 2.45) is 0 Å². The molecule has 2 rings (SSSR count). The molecule has 0 radical (unpaired) electrons. The van der Waals surface area contributed by atoms with Gasteiger partial charge in [0.25, 0.3) is 5.91 Å². The smallest absolute Gasteiger partial charge is 0.266 e. The Morgan fingerprint density at radius 1 is 1.18 bits per heavy atom. The van der Waals surface area contributed by atoms with Gasteiger partial charge < -0.3 is 15.2 Å². The van der Waals surface area contributed by atoms with Gasteiger partial charge in [0.1, 0.15) is 23.1 Å². The van der Waals surface area contributed by atoms with Gasteiger partial charge in [-0.3, -0.25) is 4.79 Å². The Hall–Kier alpha value is -3.26. The van der Waals surface area contributed by atoms with Gasteiger partial charge in [0, 0.05) is 5.69 Å². The van der Waals surface area contributed by atoms with Crippen molar-refractivity contribution in [3.63, 3.8) is 0 Å². The summed E-state index contributed by atoms with van der Waals surface area (Å²) in [5.41, 5.74) is 1.20. The molecule has 5 nitrogen and oxygen atoms in total. The number of nitriles is 1. The summed E-state index contributed by atoms with van der Waals surface area (Å²) in [7, 11) is 1.57. The molecule has 22 heavy (non-hydrogen) atoms. The van der Waals surface area contributed by atoms with Gasteiger partial charge in [0.2, 0.25) is 0 Å². The highest BCUT2D eigenvalue weighted by Gasteiger charge is 2.09. The van der Waals surface area contributed by atoms with Crippen molar-refractivity contribution < 1.29 is 14.6 Å². The highest BCUT2D eigenvalue weighted by atomic mass is 16.5. The fraction of sp³-hybridized carbons (Fsp3) is 0.0588. The number of hydrogen-bond acceptors (Lipinski definition) is 4. The number of aromatic hydroxyl groups is 1. The van der Waals surface area contributed by atoms with Crippen LogP contribution in [0.1, 0.15) is 5.56 Å². The molecule has 2 aromatic rings. The summed E-state index contributed by atoms with van der Waals surface area (Å²) >= 11 is 0. The van der Waals surface area contributed by atoms with E-state index in [9.17, 15) is 9.90 Å². The maximum absolute atomic E-state index is 12.1. The molecule has 5 heteroatoms. The average molecular weight is 294 g/mol. The monoisotopic (exact) mass is 294 g/mol. The molecule has 0 aliphatic heterocycles. The molecule has 0 atom stereocenters. The minimum atomic E-state index is -0.510. The topological polar surface area (TPSA) is 82.3 Å². The minimum absolute atomic E-state index is 0.0155. The highest BCUT2D eigenvalue weighted by Crippen LogP contribution is 2.16. The van der Waals surface area contributed by atoms with E-state index in [-0.39, 0.29) is 11.3 Å². The average Bonchev–Trinajstić information content (AvgIpc) is 2.55. The Bertz CT molecular complexity index is 726. The van der Waals surface area contributed by atoms with Crippen molar-refractivity contribution in [1.82, 2.24) is 0 Å². The van der Waals surface area contributed by atoms with Crippen LogP contribution in [0.3, 0.4) is 0 Å². The summed E-state index contributed by atoms with van der Waals surface area (Å²) < 4.78 is 5.05. The third kappa shape index (κ3) is 3.87. The Morgan fingerprint density at radius 3 is 2.36 bits per heavy atom. The number of carbonyl (C=O) groups excluding carboxylic acids is 1. The SMILES string of the molecule is COc1ccc(C=C(C#N)C(=O)Nc2ccc(O)cc2)cc1. The van der Waals surface area contributed by atoms with E-state index in [1.54, 1.807) is 43.5 Å². The predicted octanol–water partition coefficient (Wildman–Crippen LogP) is 2.95.